The summed E-state index contributed by atoms with van der Waals surface area (Å²) in [6, 6.07) is 2.25. The fourth-order valence-corrected chi connectivity index (χ4v) is 2.19. The number of anilines is 1. The van der Waals surface area contributed by atoms with Gasteiger partial charge in [0.15, 0.2) is 11.6 Å². The lowest BCUT2D eigenvalue weighted by atomic mass is 10.1. The monoisotopic (exact) mass is 288 g/mol. The molecule has 0 aromatic heterocycles. The minimum atomic E-state index is -4.21. The quantitative estimate of drug-likeness (QED) is 0.618. The van der Waals surface area contributed by atoms with E-state index < -0.39 is 20.7 Å². The third-order valence-corrected chi connectivity index (χ3v) is 3.51. The summed E-state index contributed by atoms with van der Waals surface area (Å²) in [6.07, 6.45) is 1.71. The average Bonchev–Trinajstić information content (AvgIpc) is 2.29. The highest BCUT2D eigenvalue weighted by atomic mass is 32.2. The van der Waals surface area contributed by atoms with Gasteiger partial charge < -0.3 is 5.32 Å². The van der Waals surface area contributed by atoms with Crippen LogP contribution in [0.5, 0.6) is 0 Å². The van der Waals surface area contributed by atoms with Crippen LogP contribution in [0, 0.1) is 5.82 Å². The van der Waals surface area contributed by atoms with Crippen molar-refractivity contribution in [1.82, 2.24) is 0 Å². The molecule has 0 amide bonds. The number of unbranched alkanes of at least 4 members (excludes halogenated alkanes) is 1. The van der Waals surface area contributed by atoms with Crippen molar-refractivity contribution in [1.29, 1.82) is 0 Å². The van der Waals surface area contributed by atoms with Gasteiger partial charge in [0.2, 0.25) is 10.0 Å². The van der Waals surface area contributed by atoms with Gasteiger partial charge in [-0.25, -0.2) is 17.9 Å². The molecule has 0 saturated heterocycles. The van der Waals surface area contributed by atoms with Crippen molar-refractivity contribution in [2.45, 2.75) is 31.6 Å². The van der Waals surface area contributed by atoms with E-state index in [2.05, 4.69) is 5.32 Å². The van der Waals surface area contributed by atoms with Gasteiger partial charge in [-0.3, -0.25) is 4.79 Å². The predicted molar refractivity (Wildman–Crippen MR) is 71.2 cm³/mol. The summed E-state index contributed by atoms with van der Waals surface area (Å²) in [5.74, 6) is -1.31. The molecule has 3 N–H and O–H groups in total. The van der Waals surface area contributed by atoms with Crippen LogP contribution in [-0.2, 0) is 10.0 Å². The number of rotatable bonds is 6. The van der Waals surface area contributed by atoms with E-state index in [1.807, 2.05) is 6.92 Å². The first-order valence-corrected chi connectivity index (χ1v) is 7.43. The normalized spacial score (nSPS) is 11.4. The molecule has 1 aromatic carbocycles. The highest BCUT2D eigenvalue weighted by Gasteiger charge is 2.20. The fraction of sp³-hybridized carbons (Fsp3) is 0.417. The lowest BCUT2D eigenvalue weighted by Gasteiger charge is -2.11. The summed E-state index contributed by atoms with van der Waals surface area (Å²) in [5.41, 5.74) is 0.0783. The van der Waals surface area contributed by atoms with Crippen LogP contribution in [0.3, 0.4) is 0 Å². The largest absolute Gasteiger partial charge is 0.383 e. The number of halogens is 1. The Kier molecular flexibility index (Phi) is 5.02. The van der Waals surface area contributed by atoms with Gasteiger partial charge in [0, 0.05) is 12.1 Å². The molecule has 106 valence electrons. The molecular weight excluding hydrogens is 271 g/mol. The summed E-state index contributed by atoms with van der Waals surface area (Å²) in [7, 11) is -4.21. The number of nitrogens with two attached hydrogens (primary N) is 1. The van der Waals surface area contributed by atoms with Gasteiger partial charge in [-0.2, -0.15) is 0 Å². The van der Waals surface area contributed by atoms with Crippen LogP contribution in [0.1, 0.15) is 37.0 Å². The fourth-order valence-electron chi connectivity index (χ4n) is 1.54. The molecule has 0 aliphatic carbocycles. The number of Topliss-reactive ketones (excluding diaryl/α,β-unsaturated/α-hetero) is 1. The van der Waals surface area contributed by atoms with Crippen LogP contribution in [0.4, 0.5) is 10.1 Å². The van der Waals surface area contributed by atoms with Gasteiger partial charge >= 0.3 is 0 Å². The van der Waals surface area contributed by atoms with Crippen LogP contribution in [0.15, 0.2) is 17.0 Å². The van der Waals surface area contributed by atoms with E-state index in [1.54, 1.807) is 0 Å². The lowest BCUT2D eigenvalue weighted by Crippen LogP contribution is -2.17. The van der Waals surface area contributed by atoms with E-state index in [0.29, 0.717) is 6.54 Å². The molecule has 0 fully saturated rings. The Labute approximate surface area is 112 Å². The summed E-state index contributed by atoms with van der Waals surface area (Å²) in [6.45, 7) is 3.73. The highest BCUT2D eigenvalue weighted by molar-refractivity contribution is 7.89. The van der Waals surface area contributed by atoms with Gasteiger partial charge in [-0.05, 0) is 25.5 Å². The van der Waals surface area contributed by atoms with Crippen LogP contribution in [-0.4, -0.2) is 20.7 Å². The van der Waals surface area contributed by atoms with Crippen molar-refractivity contribution in [2.24, 2.45) is 5.14 Å². The van der Waals surface area contributed by atoms with Gasteiger partial charge in [0.05, 0.1) is 5.69 Å². The van der Waals surface area contributed by atoms with Crippen molar-refractivity contribution in [2.75, 3.05) is 11.9 Å². The topological polar surface area (TPSA) is 89.3 Å². The smallest absolute Gasteiger partial charge is 0.241 e. The molecule has 0 aliphatic rings. The van der Waals surface area contributed by atoms with E-state index >= 15 is 0 Å². The Balaban J connectivity index is 3.29. The molecule has 0 radical (unpaired) electrons. The number of nitrogens with one attached hydrogen (secondary N) is 1. The second-order valence-electron chi connectivity index (χ2n) is 4.22. The SMILES string of the molecule is CCCCNc1cc(C(C)=O)cc(S(N)(=O)=O)c1F. The number of sulfonamides is 1. The van der Waals surface area contributed by atoms with Crippen molar-refractivity contribution in [3.63, 3.8) is 0 Å². The standard InChI is InChI=1S/C12H17FN2O3S/c1-3-4-5-15-10-6-9(8(2)16)7-11(12(10)13)19(14,17)18/h6-7,15H,3-5H2,1-2H3,(H2,14,17,18). The van der Waals surface area contributed by atoms with Gasteiger partial charge in [0.1, 0.15) is 4.90 Å². The number of hydrogen-bond donors (Lipinski definition) is 2. The number of hydrogen-bond acceptors (Lipinski definition) is 4. The van der Waals surface area contributed by atoms with Gasteiger partial charge in [0.25, 0.3) is 0 Å². The molecule has 0 saturated carbocycles. The van der Waals surface area contributed by atoms with Crippen molar-refractivity contribution < 1.29 is 17.6 Å². The summed E-state index contributed by atoms with van der Waals surface area (Å²) in [4.78, 5) is 10.7. The zero-order valence-corrected chi connectivity index (χ0v) is 11.7. The molecule has 0 unspecified atom stereocenters. The maximum Gasteiger partial charge on any atom is 0.241 e. The first-order chi connectivity index (χ1) is 8.77. The molecule has 0 heterocycles. The van der Waals surface area contributed by atoms with Gasteiger partial charge in [-0.1, -0.05) is 13.3 Å². The first-order valence-electron chi connectivity index (χ1n) is 5.88. The Hall–Kier alpha value is -1.47. The zero-order chi connectivity index (χ0) is 14.6. The Morgan fingerprint density at radius 3 is 2.53 bits per heavy atom. The minimum Gasteiger partial charge on any atom is -0.383 e. The maximum absolute atomic E-state index is 14.0. The van der Waals surface area contributed by atoms with E-state index in [0.717, 1.165) is 18.9 Å². The molecule has 0 bridgehead atoms. The van der Waals surface area contributed by atoms with E-state index in [1.165, 1.54) is 13.0 Å². The molecular formula is C12H17FN2O3S. The van der Waals surface area contributed by atoms with E-state index in [9.17, 15) is 17.6 Å². The van der Waals surface area contributed by atoms with Crippen molar-refractivity contribution in [3.05, 3.63) is 23.5 Å². The molecule has 0 atom stereocenters. The number of ketones is 1. The van der Waals surface area contributed by atoms with Crippen molar-refractivity contribution in [3.8, 4) is 0 Å². The summed E-state index contributed by atoms with van der Waals surface area (Å²) >= 11 is 0. The second kappa shape index (κ2) is 6.12. The molecule has 0 spiro atoms. The molecule has 1 aromatic rings. The molecule has 1 rings (SSSR count). The number of carbonyl (C=O) groups excluding carboxylic acids is 1. The summed E-state index contributed by atoms with van der Waals surface area (Å²) < 4.78 is 36.6. The average molecular weight is 288 g/mol. The minimum absolute atomic E-state index is 0.0230. The highest BCUT2D eigenvalue weighted by Crippen LogP contribution is 2.24. The van der Waals surface area contributed by atoms with Crippen LogP contribution in [0.2, 0.25) is 0 Å². The second-order valence-corrected chi connectivity index (χ2v) is 5.75. The predicted octanol–water partition coefficient (Wildman–Crippen LogP) is 1.89. The molecule has 7 heteroatoms. The third-order valence-electron chi connectivity index (χ3n) is 2.60. The van der Waals surface area contributed by atoms with Crippen LogP contribution >= 0.6 is 0 Å². The van der Waals surface area contributed by atoms with Gasteiger partial charge in [-0.15, -0.1) is 0 Å². The lowest BCUT2D eigenvalue weighted by molar-refractivity contribution is 0.101. The molecule has 5 nitrogen and oxygen atoms in total. The number of carbonyl (C=O) groups is 1. The maximum atomic E-state index is 14.0. The Morgan fingerprint density at radius 1 is 1.42 bits per heavy atom. The van der Waals surface area contributed by atoms with Crippen LogP contribution in [0.25, 0.3) is 0 Å². The molecule has 0 aliphatic heterocycles. The zero-order valence-electron chi connectivity index (χ0n) is 10.9. The van der Waals surface area contributed by atoms with Crippen molar-refractivity contribution >= 4 is 21.5 Å². The number of primary sulfonamides is 1. The molecule has 19 heavy (non-hydrogen) atoms. The Morgan fingerprint density at radius 2 is 2.05 bits per heavy atom. The first kappa shape index (κ1) is 15.6. The Bertz CT molecular complexity index is 585. The summed E-state index contributed by atoms with van der Waals surface area (Å²) in [5, 5.41) is 7.72. The van der Waals surface area contributed by atoms with E-state index in [4.69, 9.17) is 5.14 Å². The van der Waals surface area contributed by atoms with E-state index in [-0.39, 0.29) is 17.0 Å². The third kappa shape index (κ3) is 4.00. The van der Waals surface area contributed by atoms with Crippen LogP contribution < -0.4 is 10.5 Å². The number of benzene rings is 1.